The van der Waals surface area contributed by atoms with E-state index in [0.717, 1.165) is 0 Å². The number of aromatic carboxylic acids is 1. The van der Waals surface area contributed by atoms with E-state index in [-0.39, 0.29) is 35.3 Å². The number of carbonyl (C=O) groups is 2. The fourth-order valence-corrected chi connectivity index (χ4v) is 1.52. The summed E-state index contributed by atoms with van der Waals surface area (Å²) in [5, 5.41) is 11.6. The van der Waals surface area contributed by atoms with Crippen LogP contribution in [0.5, 0.6) is 11.5 Å². The molecule has 116 valence electrons. The van der Waals surface area contributed by atoms with Gasteiger partial charge in [-0.25, -0.2) is 4.79 Å². The van der Waals surface area contributed by atoms with Gasteiger partial charge in [0.2, 0.25) is 0 Å². The highest BCUT2D eigenvalue weighted by atomic mass is 16.5. The fourth-order valence-electron chi connectivity index (χ4n) is 1.52. The van der Waals surface area contributed by atoms with Crippen molar-refractivity contribution in [2.45, 2.75) is 0 Å². The Hall–Kier alpha value is -2.48. The minimum absolute atomic E-state index is 0.0521. The molecular formula is C13H18N2O6. The third-order valence-electron chi connectivity index (χ3n) is 2.55. The smallest absolute Gasteiger partial charge is 0.337 e. The lowest BCUT2D eigenvalue weighted by atomic mass is 10.1. The van der Waals surface area contributed by atoms with Gasteiger partial charge in [0, 0.05) is 25.8 Å². The third-order valence-corrected chi connectivity index (χ3v) is 2.55. The average Bonchev–Trinajstić information content (AvgIpc) is 2.45. The van der Waals surface area contributed by atoms with Gasteiger partial charge in [0.25, 0.3) is 5.91 Å². The second-order valence-electron chi connectivity index (χ2n) is 4.03. The van der Waals surface area contributed by atoms with Gasteiger partial charge in [-0.2, -0.15) is 0 Å². The number of carboxylic acid groups (broad SMARTS) is 1. The summed E-state index contributed by atoms with van der Waals surface area (Å²) in [7, 11) is 2.91. The summed E-state index contributed by atoms with van der Waals surface area (Å²) in [5.74, 6) is -1.17. The normalized spacial score (nSPS) is 10.0. The van der Waals surface area contributed by atoms with Gasteiger partial charge in [-0.15, -0.1) is 0 Å². The topological polar surface area (TPSA) is 120 Å². The number of rotatable bonds is 8. The molecule has 0 atom stereocenters. The zero-order chi connectivity index (χ0) is 15.8. The highest BCUT2D eigenvalue weighted by Gasteiger charge is 2.15. The molecule has 0 aromatic heterocycles. The number of anilines is 1. The number of nitrogen functional groups attached to an aromatic ring is 1. The van der Waals surface area contributed by atoms with Gasteiger partial charge in [-0.1, -0.05) is 0 Å². The summed E-state index contributed by atoms with van der Waals surface area (Å²) in [6, 6.07) is 2.56. The lowest BCUT2D eigenvalue weighted by molar-refractivity contribution is -0.123. The molecule has 4 N–H and O–H groups in total. The van der Waals surface area contributed by atoms with E-state index in [1.54, 1.807) is 0 Å². The Morgan fingerprint density at radius 2 is 2.00 bits per heavy atom. The van der Waals surface area contributed by atoms with Gasteiger partial charge in [0.15, 0.2) is 18.1 Å². The number of amides is 1. The van der Waals surface area contributed by atoms with Crippen molar-refractivity contribution in [3.63, 3.8) is 0 Å². The van der Waals surface area contributed by atoms with Crippen LogP contribution < -0.4 is 20.5 Å². The molecule has 0 radical (unpaired) electrons. The quantitative estimate of drug-likeness (QED) is 0.460. The lowest BCUT2D eigenvalue weighted by Gasteiger charge is -2.13. The van der Waals surface area contributed by atoms with Crippen molar-refractivity contribution >= 4 is 17.6 Å². The first-order valence-corrected chi connectivity index (χ1v) is 6.08. The number of hydrogen-bond donors (Lipinski definition) is 3. The molecule has 1 amide bonds. The number of carboxylic acids is 1. The molecule has 0 spiro atoms. The first kappa shape index (κ1) is 16.6. The van der Waals surface area contributed by atoms with Gasteiger partial charge in [-0.05, 0) is 0 Å². The fraction of sp³-hybridized carbons (Fsp3) is 0.385. The monoisotopic (exact) mass is 298 g/mol. The van der Waals surface area contributed by atoms with E-state index >= 15 is 0 Å². The molecule has 0 saturated heterocycles. The van der Waals surface area contributed by atoms with Gasteiger partial charge < -0.3 is 30.4 Å². The maximum absolute atomic E-state index is 11.5. The van der Waals surface area contributed by atoms with Crippen LogP contribution in [0.2, 0.25) is 0 Å². The Bertz CT molecular complexity index is 518. The summed E-state index contributed by atoms with van der Waals surface area (Å²) >= 11 is 0. The van der Waals surface area contributed by atoms with Gasteiger partial charge in [-0.3, -0.25) is 4.79 Å². The Balaban J connectivity index is 2.75. The number of carbonyl (C=O) groups excluding carboxylic acids is 1. The molecule has 8 heteroatoms. The largest absolute Gasteiger partial charge is 0.493 e. The van der Waals surface area contributed by atoms with Crippen molar-refractivity contribution in [2.24, 2.45) is 0 Å². The van der Waals surface area contributed by atoms with Crippen LogP contribution in [0.25, 0.3) is 0 Å². The minimum atomic E-state index is -1.19. The van der Waals surface area contributed by atoms with Crippen molar-refractivity contribution in [2.75, 3.05) is 39.7 Å². The molecule has 21 heavy (non-hydrogen) atoms. The number of methoxy groups -OCH3 is 2. The van der Waals surface area contributed by atoms with Gasteiger partial charge >= 0.3 is 5.97 Å². The third kappa shape index (κ3) is 4.84. The van der Waals surface area contributed by atoms with E-state index in [1.165, 1.54) is 26.4 Å². The number of ether oxygens (including phenoxy) is 3. The van der Waals surface area contributed by atoms with Crippen LogP contribution in [0.4, 0.5) is 5.69 Å². The van der Waals surface area contributed by atoms with Gasteiger partial charge in [0.1, 0.15) is 0 Å². The Kier molecular flexibility index (Phi) is 6.28. The molecule has 1 aromatic rings. The molecule has 1 rings (SSSR count). The lowest BCUT2D eigenvalue weighted by Crippen LogP contribution is -2.31. The molecule has 0 heterocycles. The maximum Gasteiger partial charge on any atom is 0.337 e. The van der Waals surface area contributed by atoms with Crippen LogP contribution in [0.15, 0.2) is 12.1 Å². The average molecular weight is 298 g/mol. The number of nitrogens with one attached hydrogen (secondary N) is 1. The molecule has 0 aliphatic carbocycles. The van der Waals surface area contributed by atoms with Crippen LogP contribution >= 0.6 is 0 Å². The molecule has 0 aliphatic heterocycles. The molecule has 1 aromatic carbocycles. The van der Waals surface area contributed by atoms with Crippen molar-refractivity contribution in [3.8, 4) is 11.5 Å². The first-order chi connectivity index (χ1) is 9.99. The first-order valence-electron chi connectivity index (χ1n) is 6.08. The Morgan fingerprint density at radius 1 is 1.29 bits per heavy atom. The van der Waals surface area contributed by atoms with E-state index < -0.39 is 5.97 Å². The predicted molar refractivity (Wildman–Crippen MR) is 74.7 cm³/mol. The molecule has 0 fully saturated rings. The molecular weight excluding hydrogens is 280 g/mol. The van der Waals surface area contributed by atoms with E-state index in [4.69, 9.17) is 25.1 Å². The van der Waals surface area contributed by atoms with Crippen LogP contribution in [-0.4, -0.2) is 51.0 Å². The molecule has 0 bridgehead atoms. The predicted octanol–water partition coefficient (Wildman–Crippen LogP) is 0.117. The standard InChI is InChI=1S/C13H18N2O6/c1-19-4-3-15-12(16)7-21-11-5-8(13(17)18)9(14)6-10(11)20-2/h5-6H,3-4,7,14H2,1-2H3,(H,15,16)(H,17,18). The molecule has 0 unspecified atom stereocenters. The second-order valence-corrected chi connectivity index (χ2v) is 4.03. The van der Waals surface area contributed by atoms with E-state index in [1.807, 2.05) is 0 Å². The van der Waals surface area contributed by atoms with Crippen molar-refractivity contribution in [1.82, 2.24) is 5.32 Å². The summed E-state index contributed by atoms with van der Waals surface area (Å²) in [6.07, 6.45) is 0. The van der Waals surface area contributed by atoms with Crippen molar-refractivity contribution in [3.05, 3.63) is 17.7 Å². The molecule has 0 saturated carbocycles. The highest BCUT2D eigenvalue weighted by Crippen LogP contribution is 2.32. The highest BCUT2D eigenvalue weighted by molar-refractivity contribution is 5.94. The Labute approximate surface area is 121 Å². The van der Waals surface area contributed by atoms with Gasteiger partial charge in [0.05, 0.1) is 25.0 Å². The molecule has 0 aliphatic rings. The number of hydrogen-bond acceptors (Lipinski definition) is 6. The second kappa shape index (κ2) is 7.95. The van der Waals surface area contributed by atoms with Crippen molar-refractivity contribution in [1.29, 1.82) is 0 Å². The number of benzene rings is 1. The van der Waals surface area contributed by atoms with Crippen LogP contribution in [0.3, 0.4) is 0 Å². The zero-order valence-electron chi connectivity index (χ0n) is 11.8. The zero-order valence-corrected chi connectivity index (χ0v) is 11.8. The summed E-state index contributed by atoms with van der Waals surface area (Å²) in [6.45, 7) is 0.473. The van der Waals surface area contributed by atoms with Crippen LogP contribution in [-0.2, 0) is 9.53 Å². The summed E-state index contributed by atoms with van der Waals surface area (Å²) < 4.78 is 15.1. The number of nitrogens with two attached hydrogens (primary N) is 1. The maximum atomic E-state index is 11.5. The van der Waals surface area contributed by atoms with E-state index in [2.05, 4.69) is 5.32 Å². The SMILES string of the molecule is COCCNC(=O)COc1cc(C(=O)O)c(N)cc1OC. The summed E-state index contributed by atoms with van der Waals surface area (Å²) in [5.41, 5.74) is 5.53. The Morgan fingerprint density at radius 3 is 2.57 bits per heavy atom. The minimum Gasteiger partial charge on any atom is -0.493 e. The van der Waals surface area contributed by atoms with Crippen LogP contribution in [0.1, 0.15) is 10.4 Å². The summed E-state index contributed by atoms with van der Waals surface area (Å²) in [4.78, 5) is 22.5. The van der Waals surface area contributed by atoms with E-state index in [9.17, 15) is 9.59 Å². The van der Waals surface area contributed by atoms with Crippen LogP contribution in [0, 0.1) is 0 Å². The molecule has 8 nitrogen and oxygen atoms in total. The van der Waals surface area contributed by atoms with Crippen molar-refractivity contribution < 1.29 is 28.9 Å². The van der Waals surface area contributed by atoms with E-state index in [0.29, 0.717) is 13.2 Å².